The zero-order chi connectivity index (χ0) is 25.9. The second-order valence-corrected chi connectivity index (χ2v) is 9.86. The van der Waals surface area contributed by atoms with E-state index in [0.29, 0.717) is 43.7 Å². The van der Waals surface area contributed by atoms with Crippen LogP contribution in [0.1, 0.15) is 41.2 Å². The molecular formula is C28H32N4O5. The molecule has 0 saturated carbocycles. The van der Waals surface area contributed by atoms with Crippen molar-refractivity contribution in [1.82, 2.24) is 20.5 Å². The lowest BCUT2D eigenvalue weighted by Crippen LogP contribution is -2.50. The summed E-state index contributed by atoms with van der Waals surface area (Å²) >= 11 is 0. The Hall–Kier alpha value is -3.69. The van der Waals surface area contributed by atoms with E-state index in [0.717, 1.165) is 22.9 Å². The molecule has 2 saturated heterocycles. The van der Waals surface area contributed by atoms with Crippen LogP contribution in [0.5, 0.6) is 5.75 Å². The molecule has 9 nitrogen and oxygen atoms in total. The van der Waals surface area contributed by atoms with E-state index in [9.17, 15) is 19.5 Å². The number of carbonyl (C=O) groups is 3. The molecule has 4 N–H and O–H groups in total. The number of aromatic amines is 1. The van der Waals surface area contributed by atoms with Gasteiger partial charge >= 0.3 is 0 Å². The van der Waals surface area contributed by atoms with Crippen molar-refractivity contribution in [2.75, 3.05) is 20.2 Å². The van der Waals surface area contributed by atoms with Gasteiger partial charge in [-0.25, -0.2) is 0 Å². The van der Waals surface area contributed by atoms with Gasteiger partial charge in [-0.05, 0) is 49.6 Å². The number of nitrogens with zero attached hydrogens (tertiary/aromatic N) is 1. The van der Waals surface area contributed by atoms with E-state index >= 15 is 0 Å². The van der Waals surface area contributed by atoms with E-state index in [-0.39, 0.29) is 23.7 Å². The molecule has 0 radical (unpaired) electrons. The first-order valence-electron chi connectivity index (χ1n) is 12.7. The first-order chi connectivity index (χ1) is 18.0. The number of rotatable bonds is 8. The van der Waals surface area contributed by atoms with Crippen LogP contribution in [-0.2, 0) is 9.59 Å². The number of aliphatic hydroxyl groups excluding tert-OH is 1. The number of likely N-dealkylation sites (tertiary alicyclic amines) is 1. The molecule has 37 heavy (non-hydrogen) atoms. The van der Waals surface area contributed by atoms with Crippen LogP contribution in [-0.4, -0.2) is 71.6 Å². The van der Waals surface area contributed by atoms with Crippen LogP contribution in [0.3, 0.4) is 0 Å². The highest BCUT2D eigenvalue weighted by molar-refractivity contribution is 6.02. The van der Waals surface area contributed by atoms with Crippen molar-refractivity contribution in [3.8, 4) is 5.75 Å². The molecule has 5 rings (SSSR count). The number of hydrogen-bond donors (Lipinski definition) is 4. The Morgan fingerprint density at radius 1 is 1.22 bits per heavy atom. The number of aromatic nitrogens is 1. The van der Waals surface area contributed by atoms with E-state index in [1.807, 2.05) is 48.5 Å². The van der Waals surface area contributed by atoms with Crippen LogP contribution in [0.2, 0.25) is 0 Å². The van der Waals surface area contributed by atoms with E-state index in [2.05, 4.69) is 15.6 Å². The van der Waals surface area contributed by atoms with Crippen molar-refractivity contribution in [3.63, 3.8) is 0 Å². The Labute approximate surface area is 215 Å². The highest BCUT2D eigenvalue weighted by Gasteiger charge is 2.41. The third-order valence-electron chi connectivity index (χ3n) is 7.57. The summed E-state index contributed by atoms with van der Waals surface area (Å²) in [6.45, 7) is 1.05. The SMILES string of the molecule is COc1cccc2[nH]c(C(=O)N3CC(c4ccccc4)CC3C(=O)N[C@H](C=O)C[C@@H]3CCNC3O)cc12. The van der Waals surface area contributed by atoms with Gasteiger partial charge in [-0.3, -0.25) is 14.9 Å². The van der Waals surface area contributed by atoms with Crippen molar-refractivity contribution >= 4 is 29.0 Å². The Kier molecular flexibility index (Phi) is 7.25. The number of hydrogen-bond acceptors (Lipinski definition) is 6. The third kappa shape index (κ3) is 5.10. The van der Waals surface area contributed by atoms with Crippen molar-refractivity contribution in [2.45, 2.75) is 43.5 Å². The molecule has 1 aromatic heterocycles. The summed E-state index contributed by atoms with van der Waals surface area (Å²) in [5.74, 6) is -0.124. The zero-order valence-electron chi connectivity index (χ0n) is 20.7. The number of amides is 2. The summed E-state index contributed by atoms with van der Waals surface area (Å²) < 4.78 is 5.43. The maximum atomic E-state index is 13.7. The number of aldehydes is 1. The molecule has 0 aliphatic carbocycles. The smallest absolute Gasteiger partial charge is 0.271 e. The van der Waals surface area contributed by atoms with Crippen molar-refractivity contribution in [3.05, 3.63) is 65.9 Å². The molecule has 3 heterocycles. The lowest BCUT2D eigenvalue weighted by Gasteiger charge is -2.26. The van der Waals surface area contributed by atoms with Gasteiger partial charge in [-0.15, -0.1) is 0 Å². The predicted octanol–water partition coefficient (Wildman–Crippen LogP) is 2.18. The summed E-state index contributed by atoms with van der Waals surface area (Å²) in [6.07, 6.45) is 1.54. The maximum Gasteiger partial charge on any atom is 0.271 e. The summed E-state index contributed by atoms with van der Waals surface area (Å²) in [6, 6.07) is 15.7. The van der Waals surface area contributed by atoms with Gasteiger partial charge in [0.1, 0.15) is 30.0 Å². The topological polar surface area (TPSA) is 124 Å². The highest BCUT2D eigenvalue weighted by Crippen LogP contribution is 2.34. The van der Waals surface area contributed by atoms with Crippen LogP contribution in [0, 0.1) is 5.92 Å². The van der Waals surface area contributed by atoms with Crippen LogP contribution >= 0.6 is 0 Å². The van der Waals surface area contributed by atoms with Crippen LogP contribution < -0.4 is 15.4 Å². The van der Waals surface area contributed by atoms with Gasteiger partial charge in [-0.1, -0.05) is 36.4 Å². The number of methoxy groups -OCH3 is 1. The molecule has 5 atom stereocenters. The Balaban J connectivity index is 1.39. The van der Waals surface area contributed by atoms with Gasteiger partial charge in [-0.2, -0.15) is 0 Å². The molecule has 2 aromatic carbocycles. The fraction of sp³-hybridized carbons (Fsp3) is 0.393. The summed E-state index contributed by atoms with van der Waals surface area (Å²) in [5.41, 5.74) is 2.20. The molecule has 2 amide bonds. The molecule has 0 spiro atoms. The van der Waals surface area contributed by atoms with Crippen molar-refractivity contribution in [2.24, 2.45) is 5.92 Å². The first kappa shape index (κ1) is 25.0. The van der Waals surface area contributed by atoms with Crippen LogP contribution in [0.15, 0.2) is 54.6 Å². The highest BCUT2D eigenvalue weighted by atomic mass is 16.5. The Morgan fingerprint density at radius 2 is 2.03 bits per heavy atom. The number of fused-ring (bicyclic) bond motifs is 1. The third-order valence-corrected chi connectivity index (χ3v) is 7.57. The van der Waals surface area contributed by atoms with Crippen LogP contribution in [0.25, 0.3) is 10.9 Å². The predicted molar refractivity (Wildman–Crippen MR) is 138 cm³/mol. The fourth-order valence-corrected chi connectivity index (χ4v) is 5.59. The molecule has 3 unspecified atom stereocenters. The minimum absolute atomic E-state index is 0.0182. The molecule has 2 aliphatic rings. The Bertz CT molecular complexity index is 1280. The fourth-order valence-electron chi connectivity index (χ4n) is 5.59. The summed E-state index contributed by atoms with van der Waals surface area (Å²) in [4.78, 5) is 43.8. The molecular weight excluding hydrogens is 472 g/mol. The largest absolute Gasteiger partial charge is 0.496 e. The lowest BCUT2D eigenvalue weighted by molar-refractivity contribution is -0.127. The number of H-pyrrole nitrogens is 1. The Morgan fingerprint density at radius 3 is 2.73 bits per heavy atom. The number of benzene rings is 2. The molecule has 2 fully saturated rings. The minimum atomic E-state index is -0.739. The van der Waals surface area contributed by atoms with E-state index in [1.54, 1.807) is 18.1 Å². The molecule has 194 valence electrons. The van der Waals surface area contributed by atoms with Gasteiger partial charge in [0.15, 0.2) is 0 Å². The molecule has 3 aromatic rings. The van der Waals surface area contributed by atoms with Gasteiger partial charge in [0.2, 0.25) is 5.91 Å². The first-order valence-corrected chi connectivity index (χ1v) is 12.7. The average molecular weight is 505 g/mol. The van der Waals surface area contributed by atoms with E-state index < -0.39 is 18.3 Å². The van der Waals surface area contributed by atoms with E-state index in [4.69, 9.17) is 4.74 Å². The van der Waals surface area contributed by atoms with E-state index in [1.165, 1.54) is 0 Å². The second kappa shape index (κ2) is 10.7. The number of aliphatic hydroxyl groups is 1. The summed E-state index contributed by atoms with van der Waals surface area (Å²) in [5, 5.41) is 16.7. The van der Waals surface area contributed by atoms with Crippen LogP contribution in [0.4, 0.5) is 0 Å². The van der Waals surface area contributed by atoms with Crippen molar-refractivity contribution < 1.29 is 24.2 Å². The van der Waals surface area contributed by atoms with Gasteiger partial charge in [0.05, 0.1) is 13.2 Å². The van der Waals surface area contributed by atoms with Gasteiger partial charge in [0.25, 0.3) is 5.91 Å². The maximum absolute atomic E-state index is 13.7. The molecule has 2 aliphatic heterocycles. The number of carbonyl (C=O) groups excluding carboxylic acids is 3. The average Bonchev–Trinajstić information content (AvgIpc) is 3.66. The number of ether oxygens (including phenoxy) is 1. The van der Waals surface area contributed by atoms with Gasteiger partial charge < -0.3 is 29.8 Å². The standard InChI is InChI=1S/C28H32N4O5/c1-37-25-9-5-8-22-21(25)14-23(31-22)28(36)32-15-19(17-6-3-2-4-7-17)13-24(32)27(35)30-20(16-33)12-18-10-11-29-26(18)34/h2-9,14,16,18-20,24,26,29,31,34H,10-13,15H2,1H3,(H,30,35)/t18-,19?,20-,24?,26?/m0/s1. The molecule has 9 heteroatoms. The normalized spacial score (nSPS) is 24.2. The monoisotopic (exact) mass is 504 g/mol. The second-order valence-electron chi connectivity index (χ2n) is 9.86. The number of nitrogens with one attached hydrogen (secondary N) is 3. The minimum Gasteiger partial charge on any atom is -0.496 e. The zero-order valence-corrected chi connectivity index (χ0v) is 20.7. The van der Waals surface area contributed by atoms with Gasteiger partial charge in [0, 0.05) is 29.3 Å². The van der Waals surface area contributed by atoms with Crippen molar-refractivity contribution in [1.29, 1.82) is 0 Å². The molecule has 0 bridgehead atoms. The quantitative estimate of drug-likeness (QED) is 0.349. The lowest BCUT2D eigenvalue weighted by atomic mass is 9.95. The summed E-state index contributed by atoms with van der Waals surface area (Å²) in [7, 11) is 1.58.